The van der Waals surface area contributed by atoms with E-state index in [0.717, 1.165) is 54.2 Å². The van der Waals surface area contributed by atoms with Crippen molar-refractivity contribution in [3.05, 3.63) is 147 Å². The van der Waals surface area contributed by atoms with Gasteiger partial charge >= 0.3 is 0 Å². The number of methoxy groups -OCH3 is 1. The number of halogens is 3. The van der Waals surface area contributed by atoms with Crippen LogP contribution in [0.4, 0.5) is 0 Å². The summed E-state index contributed by atoms with van der Waals surface area (Å²) in [6, 6.07) is 31.1. The molecule has 0 saturated carbocycles. The molecule has 6 rings (SSSR count). The normalized spacial score (nSPS) is 13.0. The van der Waals surface area contributed by atoms with Gasteiger partial charge in [-0.15, -0.1) is 12.4 Å². The lowest BCUT2D eigenvalue weighted by Crippen LogP contribution is -2.47. The summed E-state index contributed by atoms with van der Waals surface area (Å²) in [5, 5.41) is 1.08. The highest BCUT2D eigenvalue weighted by Crippen LogP contribution is 2.34. The number of rotatable bonds is 14. The molecule has 0 spiro atoms. The van der Waals surface area contributed by atoms with Crippen molar-refractivity contribution >= 4 is 47.6 Å². The summed E-state index contributed by atoms with van der Waals surface area (Å²) in [6.45, 7) is 6.68. The number of carbonyl (C=O) groups excluding carboxylic acids is 1. The summed E-state index contributed by atoms with van der Waals surface area (Å²) in [7, 11) is 1.65. The van der Waals surface area contributed by atoms with Gasteiger partial charge in [0.1, 0.15) is 23.9 Å². The van der Waals surface area contributed by atoms with Crippen molar-refractivity contribution in [2.75, 3.05) is 39.9 Å². The zero-order valence-electron chi connectivity index (χ0n) is 29.7. The third-order valence-corrected chi connectivity index (χ3v) is 9.42. The van der Waals surface area contributed by atoms with Crippen LogP contribution in [0.1, 0.15) is 27.8 Å². The Hall–Kier alpha value is -4.73. The Bertz CT molecular complexity index is 1940. The van der Waals surface area contributed by atoms with Crippen LogP contribution in [0.2, 0.25) is 10.0 Å². The van der Waals surface area contributed by atoms with Crippen LogP contribution in [-0.4, -0.2) is 60.6 Å². The van der Waals surface area contributed by atoms with Gasteiger partial charge in [0.25, 0.3) is 0 Å². The van der Waals surface area contributed by atoms with Gasteiger partial charge in [-0.2, -0.15) is 0 Å². The minimum absolute atomic E-state index is 0. The molecule has 1 fully saturated rings. The Morgan fingerprint density at radius 3 is 2.19 bits per heavy atom. The Morgan fingerprint density at radius 1 is 0.811 bits per heavy atom. The van der Waals surface area contributed by atoms with Gasteiger partial charge in [-0.3, -0.25) is 9.69 Å². The maximum absolute atomic E-state index is 13.1. The van der Waals surface area contributed by atoms with E-state index in [1.54, 1.807) is 43.7 Å². The van der Waals surface area contributed by atoms with Crippen LogP contribution in [0.3, 0.4) is 0 Å². The number of benzene rings is 4. The van der Waals surface area contributed by atoms with Crippen molar-refractivity contribution in [2.24, 2.45) is 0 Å². The average molecular weight is 775 g/mol. The van der Waals surface area contributed by atoms with Gasteiger partial charge in [0, 0.05) is 61.9 Å². The summed E-state index contributed by atoms with van der Waals surface area (Å²) in [4.78, 5) is 21.7. The van der Waals surface area contributed by atoms with E-state index in [9.17, 15) is 4.79 Å². The number of hydrogen-bond donors (Lipinski definition) is 0. The highest BCUT2D eigenvalue weighted by molar-refractivity contribution is 6.32. The first-order valence-corrected chi connectivity index (χ1v) is 17.9. The van der Waals surface area contributed by atoms with Gasteiger partial charge in [-0.1, -0.05) is 65.7 Å². The standard InChI is InChI=1S/C42H41Cl2N3O5.ClH/c1-30-25-33(26-39(44)42(30)52-40-17-16-37(27-45-40)51-29-34-5-3-4-6-38(34)43)11-18-41(48)47-22-20-46(21-23-47)28-32-9-7-31(8-10-32)19-24-50-36-14-12-35(49-2)13-15-36;/h3-18,25-27H,19-24,28-29H2,1-2H3;1H. The molecule has 4 aromatic carbocycles. The predicted molar refractivity (Wildman–Crippen MR) is 213 cm³/mol. The molecule has 8 nitrogen and oxygen atoms in total. The maximum atomic E-state index is 13.1. The topological polar surface area (TPSA) is 73.4 Å². The van der Waals surface area contributed by atoms with E-state index in [-0.39, 0.29) is 18.3 Å². The van der Waals surface area contributed by atoms with Crippen molar-refractivity contribution in [3.63, 3.8) is 0 Å². The zero-order chi connectivity index (χ0) is 36.3. The third kappa shape index (κ3) is 11.4. The number of pyridine rings is 1. The number of amides is 1. The number of nitrogens with zero attached hydrogens (tertiary/aromatic N) is 3. The Kier molecular flexibility index (Phi) is 14.4. The van der Waals surface area contributed by atoms with Gasteiger partial charge in [0.15, 0.2) is 5.75 Å². The molecule has 1 aliphatic rings. The summed E-state index contributed by atoms with van der Waals surface area (Å²) in [5.41, 5.74) is 5.02. The minimum atomic E-state index is -0.0176. The lowest BCUT2D eigenvalue weighted by Gasteiger charge is -2.34. The SMILES string of the molecule is COc1ccc(OCCc2ccc(CN3CCN(C(=O)C=Cc4cc(C)c(Oc5ccc(OCc6ccccc6Cl)cn5)c(Cl)c4)CC3)cc2)cc1.Cl. The number of ether oxygens (including phenoxy) is 4. The number of aromatic nitrogens is 1. The molecule has 2 heterocycles. The third-order valence-electron chi connectivity index (χ3n) is 8.77. The van der Waals surface area contributed by atoms with Gasteiger partial charge in [0.05, 0.1) is 24.9 Å². The largest absolute Gasteiger partial charge is 0.497 e. The van der Waals surface area contributed by atoms with Crippen molar-refractivity contribution in [3.8, 4) is 28.9 Å². The lowest BCUT2D eigenvalue weighted by molar-refractivity contribution is -0.127. The predicted octanol–water partition coefficient (Wildman–Crippen LogP) is 9.48. The molecule has 11 heteroatoms. The summed E-state index contributed by atoms with van der Waals surface area (Å²) < 4.78 is 22.9. The molecule has 276 valence electrons. The van der Waals surface area contributed by atoms with E-state index in [2.05, 4.69) is 34.1 Å². The minimum Gasteiger partial charge on any atom is -0.497 e. The quantitative estimate of drug-likeness (QED) is 0.104. The number of hydrogen-bond acceptors (Lipinski definition) is 7. The van der Waals surface area contributed by atoms with Crippen molar-refractivity contribution < 1.29 is 23.7 Å². The van der Waals surface area contributed by atoms with Crippen LogP contribution in [0, 0.1) is 6.92 Å². The number of piperazine rings is 1. The fourth-order valence-corrected chi connectivity index (χ4v) is 6.31. The van der Waals surface area contributed by atoms with Crippen LogP contribution in [-0.2, 0) is 24.4 Å². The van der Waals surface area contributed by atoms with Gasteiger partial charge in [-0.25, -0.2) is 4.98 Å². The van der Waals surface area contributed by atoms with Crippen molar-refractivity contribution in [2.45, 2.75) is 26.5 Å². The number of aryl methyl sites for hydroxylation is 1. The highest BCUT2D eigenvalue weighted by Gasteiger charge is 2.20. The van der Waals surface area contributed by atoms with Crippen LogP contribution in [0.15, 0.2) is 109 Å². The molecule has 5 aromatic rings. The van der Waals surface area contributed by atoms with Crippen molar-refractivity contribution in [1.29, 1.82) is 0 Å². The van der Waals surface area contributed by atoms with Crippen LogP contribution in [0.5, 0.6) is 28.9 Å². The van der Waals surface area contributed by atoms with E-state index in [1.165, 1.54) is 11.1 Å². The fourth-order valence-electron chi connectivity index (χ4n) is 5.80. The smallest absolute Gasteiger partial charge is 0.246 e. The summed E-state index contributed by atoms with van der Waals surface area (Å²) in [5.74, 6) is 3.12. The molecule has 1 saturated heterocycles. The van der Waals surface area contributed by atoms with E-state index in [1.807, 2.05) is 66.4 Å². The first-order valence-electron chi connectivity index (χ1n) is 17.2. The molecule has 1 amide bonds. The van der Waals surface area contributed by atoms with E-state index < -0.39 is 0 Å². The second kappa shape index (κ2) is 19.4. The Labute approximate surface area is 327 Å². The monoisotopic (exact) mass is 773 g/mol. The fraction of sp³-hybridized carbons (Fsp3) is 0.238. The van der Waals surface area contributed by atoms with Gasteiger partial charge in [0.2, 0.25) is 11.8 Å². The average Bonchev–Trinajstić information content (AvgIpc) is 3.17. The van der Waals surface area contributed by atoms with E-state index >= 15 is 0 Å². The molecule has 0 N–H and O–H groups in total. The molecular formula is C42H42Cl3N3O5. The first kappa shape index (κ1) is 39.5. The Balaban J connectivity index is 0.00000541. The van der Waals surface area contributed by atoms with Crippen molar-refractivity contribution in [1.82, 2.24) is 14.8 Å². The molecule has 0 unspecified atom stereocenters. The molecule has 0 radical (unpaired) electrons. The first-order chi connectivity index (χ1) is 25.3. The van der Waals surface area contributed by atoms with Gasteiger partial charge < -0.3 is 23.8 Å². The van der Waals surface area contributed by atoms with E-state index in [4.69, 9.17) is 42.1 Å². The molecule has 1 aromatic heterocycles. The molecular weight excluding hydrogens is 733 g/mol. The maximum Gasteiger partial charge on any atom is 0.246 e. The zero-order valence-corrected chi connectivity index (χ0v) is 32.0. The molecule has 0 aliphatic carbocycles. The molecule has 0 bridgehead atoms. The molecule has 53 heavy (non-hydrogen) atoms. The molecule has 1 aliphatic heterocycles. The van der Waals surface area contributed by atoms with Crippen LogP contribution >= 0.6 is 35.6 Å². The Morgan fingerprint density at radius 2 is 1.51 bits per heavy atom. The number of carbonyl (C=O) groups is 1. The molecule has 0 atom stereocenters. The van der Waals surface area contributed by atoms with Gasteiger partial charge in [-0.05, 0) is 83.8 Å². The van der Waals surface area contributed by atoms with Crippen LogP contribution < -0.4 is 18.9 Å². The lowest BCUT2D eigenvalue weighted by atomic mass is 10.1. The van der Waals surface area contributed by atoms with E-state index in [0.29, 0.717) is 53.7 Å². The second-order valence-electron chi connectivity index (χ2n) is 12.5. The summed E-state index contributed by atoms with van der Waals surface area (Å²) in [6.07, 6.45) is 5.84. The highest BCUT2D eigenvalue weighted by atomic mass is 35.5. The second-order valence-corrected chi connectivity index (χ2v) is 13.3. The summed E-state index contributed by atoms with van der Waals surface area (Å²) >= 11 is 12.8. The van der Waals surface area contributed by atoms with Crippen LogP contribution in [0.25, 0.3) is 6.08 Å².